The van der Waals surface area contributed by atoms with Gasteiger partial charge in [-0.3, -0.25) is 14.0 Å². The summed E-state index contributed by atoms with van der Waals surface area (Å²) in [7, 11) is 0. The number of carbonyl (C=O) groups is 2. The van der Waals surface area contributed by atoms with Crippen molar-refractivity contribution in [2.75, 3.05) is 17.6 Å². The van der Waals surface area contributed by atoms with E-state index in [1.807, 2.05) is 9.30 Å². The minimum absolute atomic E-state index is 0.0124. The van der Waals surface area contributed by atoms with Crippen LogP contribution in [0.25, 0.3) is 16.8 Å². The van der Waals surface area contributed by atoms with Crippen LogP contribution in [0.1, 0.15) is 60.6 Å². The van der Waals surface area contributed by atoms with Crippen LogP contribution in [-0.2, 0) is 4.79 Å². The second-order valence-corrected chi connectivity index (χ2v) is 10.7. The molecule has 3 aromatic heterocycles. The SMILES string of the molecule is Nc1nccn2c([C@@H]3CC[C@H]4CCC(=O)N4C3)nc(-c3ccc(C(=O)Nc4cc(OC5CC5)ccn4)cc3F)c12. The van der Waals surface area contributed by atoms with Gasteiger partial charge in [-0.15, -0.1) is 0 Å². The highest BCUT2D eigenvalue weighted by Crippen LogP contribution is 2.38. The predicted octanol–water partition coefficient (Wildman–Crippen LogP) is 4.17. The summed E-state index contributed by atoms with van der Waals surface area (Å²) in [6, 6.07) is 7.94. The van der Waals surface area contributed by atoms with Crippen molar-refractivity contribution < 1.29 is 18.7 Å². The zero-order chi connectivity index (χ0) is 27.4. The van der Waals surface area contributed by atoms with Crippen molar-refractivity contribution in [2.45, 2.75) is 56.6 Å². The van der Waals surface area contributed by atoms with Crippen LogP contribution in [0.2, 0.25) is 0 Å². The van der Waals surface area contributed by atoms with Crippen LogP contribution in [-0.4, -0.2) is 54.8 Å². The first-order chi connectivity index (χ1) is 19.4. The van der Waals surface area contributed by atoms with Gasteiger partial charge in [0.1, 0.15) is 40.2 Å². The second kappa shape index (κ2) is 9.58. The molecule has 0 bridgehead atoms. The van der Waals surface area contributed by atoms with E-state index in [0.717, 1.165) is 37.9 Å². The van der Waals surface area contributed by atoms with E-state index in [9.17, 15) is 9.59 Å². The lowest BCUT2D eigenvalue weighted by atomic mass is 9.92. The average Bonchev–Trinajstić information content (AvgIpc) is 3.56. The first-order valence-corrected chi connectivity index (χ1v) is 13.6. The molecule has 0 spiro atoms. The van der Waals surface area contributed by atoms with Crippen molar-refractivity contribution in [3.63, 3.8) is 0 Å². The van der Waals surface area contributed by atoms with Gasteiger partial charge in [0, 0.05) is 60.7 Å². The van der Waals surface area contributed by atoms with Crippen LogP contribution >= 0.6 is 0 Å². The largest absolute Gasteiger partial charge is 0.490 e. The number of fused-ring (bicyclic) bond motifs is 2. The number of imidazole rings is 1. The maximum Gasteiger partial charge on any atom is 0.256 e. The Hall–Kier alpha value is -4.54. The molecule has 1 aromatic carbocycles. The molecule has 2 atom stereocenters. The van der Waals surface area contributed by atoms with Gasteiger partial charge < -0.3 is 20.7 Å². The number of nitrogen functional groups attached to an aromatic ring is 1. The Morgan fingerprint density at radius 2 is 1.95 bits per heavy atom. The van der Waals surface area contributed by atoms with Gasteiger partial charge in [-0.25, -0.2) is 19.3 Å². The fraction of sp³-hybridized carbons (Fsp3) is 0.345. The minimum atomic E-state index is -0.611. The Labute approximate surface area is 229 Å². The quantitative estimate of drug-likeness (QED) is 0.375. The van der Waals surface area contributed by atoms with Gasteiger partial charge in [0.05, 0.1) is 6.10 Å². The van der Waals surface area contributed by atoms with Crippen molar-refractivity contribution in [3.8, 4) is 17.0 Å². The minimum Gasteiger partial charge on any atom is -0.490 e. The number of hydrogen-bond donors (Lipinski definition) is 2. The maximum atomic E-state index is 15.6. The summed E-state index contributed by atoms with van der Waals surface area (Å²) in [4.78, 5) is 40.5. The van der Waals surface area contributed by atoms with Gasteiger partial charge in [0.25, 0.3) is 5.91 Å². The van der Waals surface area contributed by atoms with Crippen molar-refractivity contribution >= 4 is 29.0 Å². The van der Waals surface area contributed by atoms with Gasteiger partial charge in [0.2, 0.25) is 5.91 Å². The monoisotopic (exact) mass is 541 g/mol. The van der Waals surface area contributed by atoms with Crippen LogP contribution < -0.4 is 15.8 Å². The molecule has 7 rings (SSSR count). The maximum absolute atomic E-state index is 15.6. The zero-order valence-electron chi connectivity index (χ0n) is 21.7. The topological polar surface area (TPSA) is 128 Å². The van der Waals surface area contributed by atoms with E-state index in [0.29, 0.717) is 41.8 Å². The number of nitrogens with zero attached hydrogens (tertiary/aromatic N) is 5. The van der Waals surface area contributed by atoms with E-state index in [4.69, 9.17) is 15.5 Å². The van der Waals surface area contributed by atoms with Gasteiger partial charge >= 0.3 is 0 Å². The highest BCUT2D eigenvalue weighted by Gasteiger charge is 2.38. The number of aromatic nitrogens is 4. The summed E-state index contributed by atoms with van der Waals surface area (Å²) < 4.78 is 23.2. The molecular weight excluding hydrogens is 513 g/mol. The summed E-state index contributed by atoms with van der Waals surface area (Å²) in [5.41, 5.74) is 7.47. The Balaban J connectivity index is 1.18. The highest BCUT2D eigenvalue weighted by atomic mass is 19.1. The molecule has 4 aromatic rings. The number of nitrogens with two attached hydrogens (primary N) is 1. The van der Waals surface area contributed by atoms with Crippen LogP contribution in [0.3, 0.4) is 0 Å². The fourth-order valence-electron chi connectivity index (χ4n) is 5.81. The Morgan fingerprint density at radius 3 is 2.77 bits per heavy atom. The number of amides is 2. The van der Waals surface area contributed by atoms with E-state index in [2.05, 4.69) is 15.3 Å². The van der Waals surface area contributed by atoms with Gasteiger partial charge in [-0.1, -0.05) is 0 Å². The van der Waals surface area contributed by atoms with Crippen molar-refractivity contribution in [2.24, 2.45) is 0 Å². The molecule has 204 valence electrons. The summed E-state index contributed by atoms with van der Waals surface area (Å²) >= 11 is 0. The molecule has 5 heterocycles. The van der Waals surface area contributed by atoms with E-state index < -0.39 is 11.7 Å². The molecule has 40 heavy (non-hydrogen) atoms. The van der Waals surface area contributed by atoms with Gasteiger partial charge in [-0.05, 0) is 56.4 Å². The van der Waals surface area contributed by atoms with Gasteiger partial charge in [-0.2, -0.15) is 0 Å². The molecule has 10 nitrogen and oxygen atoms in total. The van der Waals surface area contributed by atoms with Crippen molar-refractivity contribution in [1.82, 2.24) is 24.3 Å². The van der Waals surface area contributed by atoms with Crippen LogP contribution in [0, 0.1) is 5.82 Å². The number of benzene rings is 1. The number of pyridine rings is 1. The Morgan fingerprint density at radius 1 is 1.07 bits per heavy atom. The molecule has 0 radical (unpaired) electrons. The average molecular weight is 542 g/mol. The molecule has 1 aliphatic carbocycles. The van der Waals surface area contributed by atoms with E-state index in [1.165, 1.54) is 12.1 Å². The number of nitrogens with one attached hydrogen (secondary N) is 1. The second-order valence-electron chi connectivity index (χ2n) is 10.7. The number of hydrogen-bond acceptors (Lipinski definition) is 7. The lowest BCUT2D eigenvalue weighted by molar-refractivity contribution is -0.130. The highest BCUT2D eigenvalue weighted by molar-refractivity contribution is 6.04. The number of rotatable bonds is 6. The number of anilines is 2. The summed E-state index contributed by atoms with van der Waals surface area (Å²) in [6.07, 6.45) is 10.4. The molecule has 2 saturated heterocycles. The first kappa shape index (κ1) is 24.5. The molecular formula is C29H28FN7O3. The van der Waals surface area contributed by atoms with Crippen LogP contribution in [0.4, 0.5) is 16.0 Å². The van der Waals surface area contributed by atoms with Gasteiger partial charge in [0.15, 0.2) is 0 Å². The van der Waals surface area contributed by atoms with Crippen molar-refractivity contribution in [3.05, 3.63) is 66.1 Å². The summed E-state index contributed by atoms with van der Waals surface area (Å²) in [5.74, 6) is 0.953. The normalized spacial score (nSPS) is 20.5. The van der Waals surface area contributed by atoms with E-state index >= 15 is 4.39 Å². The summed E-state index contributed by atoms with van der Waals surface area (Å²) in [5, 5.41) is 2.71. The van der Waals surface area contributed by atoms with Crippen molar-refractivity contribution in [1.29, 1.82) is 0 Å². The molecule has 1 saturated carbocycles. The van der Waals surface area contributed by atoms with E-state index in [-0.39, 0.29) is 34.9 Å². The number of piperidine rings is 1. The number of ether oxygens (including phenoxy) is 1. The Bertz CT molecular complexity index is 1650. The standard InChI is InChI=1S/C29H28FN7O3/c30-22-13-16(29(39)34-23-14-20(9-10-32-23)40-19-5-6-19)2-7-21(22)25-26-27(31)33-11-12-36(26)28(35-25)17-1-3-18-4-8-24(38)37(18)15-17/h2,7,9-14,17-19H,1,3-6,8,15H2,(H2,31,33)(H,32,34,39)/t17-,18+/m1/s1. The fourth-order valence-corrected chi connectivity index (χ4v) is 5.81. The molecule has 2 aliphatic heterocycles. The molecule has 3 fully saturated rings. The number of halogens is 1. The molecule has 0 unspecified atom stereocenters. The predicted molar refractivity (Wildman–Crippen MR) is 145 cm³/mol. The number of carbonyl (C=O) groups excluding carboxylic acids is 2. The zero-order valence-corrected chi connectivity index (χ0v) is 21.7. The first-order valence-electron chi connectivity index (χ1n) is 13.6. The Kier molecular flexibility index (Phi) is 5.87. The third-order valence-electron chi connectivity index (χ3n) is 7.98. The van der Waals surface area contributed by atoms with Crippen LogP contribution in [0.5, 0.6) is 5.75 Å². The van der Waals surface area contributed by atoms with Crippen LogP contribution in [0.15, 0.2) is 48.9 Å². The smallest absolute Gasteiger partial charge is 0.256 e. The third-order valence-corrected chi connectivity index (χ3v) is 7.98. The lowest BCUT2D eigenvalue weighted by Crippen LogP contribution is -2.41. The summed E-state index contributed by atoms with van der Waals surface area (Å²) in [6.45, 7) is 0.576. The molecule has 3 aliphatic rings. The van der Waals surface area contributed by atoms with E-state index in [1.54, 1.807) is 36.8 Å². The lowest BCUT2D eigenvalue weighted by Gasteiger charge is -2.34. The molecule has 2 amide bonds. The third kappa shape index (κ3) is 4.41. The molecule has 3 N–H and O–H groups in total. The molecule has 11 heteroatoms.